The zero-order valence-electron chi connectivity index (χ0n) is 26.8. The normalized spacial score (nSPS) is 15.2. The number of aliphatic carboxylic acids is 1. The van der Waals surface area contributed by atoms with Gasteiger partial charge in [0, 0.05) is 11.1 Å². The molecule has 0 saturated carbocycles. The number of ketones is 1. The van der Waals surface area contributed by atoms with Crippen LogP contribution in [0.3, 0.4) is 0 Å². The number of amides is 2. The maximum absolute atomic E-state index is 13.4. The molecule has 0 radical (unpaired) electrons. The van der Waals surface area contributed by atoms with Crippen molar-refractivity contribution < 1.29 is 33.5 Å². The van der Waals surface area contributed by atoms with E-state index in [1.807, 2.05) is 23.1 Å². The predicted octanol–water partition coefficient (Wildman–Crippen LogP) is 3.22. The topological polar surface area (TPSA) is 164 Å². The van der Waals surface area contributed by atoms with Crippen LogP contribution >= 0.6 is 0 Å². The number of hydrogen-bond donors (Lipinski definition) is 3. The molecule has 2 amide bonds. The van der Waals surface area contributed by atoms with Gasteiger partial charge in [-0.05, 0) is 74.9 Å². The number of benzene rings is 2. The lowest BCUT2D eigenvalue weighted by molar-refractivity contribution is -0.141. The first-order chi connectivity index (χ1) is 22.0. The van der Waals surface area contributed by atoms with E-state index in [2.05, 4.69) is 32.9 Å². The van der Waals surface area contributed by atoms with Crippen molar-refractivity contribution in [2.75, 3.05) is 26.7 Å². The Morgan fingerprint density at radius 3 is 2.39 bits per heavy atom. The third-order valence-corrected chi connectivity index (χ3v) is 8.21. The molecule has 2 aromatic carbocycles. The van der Waals surface area contributed by atoms with Gasteiger partial charge in [-0.25, -0.2) is 0 Å². The summed E-state index contributed by atoms with van der Waals surface area (Å²) in [5.74, 6) is -1.23. The second-order valence-electron chi connectivity index (χ2n) is 12.2. The van der Waals surface area contributed by atoms with Crippen LogP contribution in [0.25, 0.3) is 11.5 Å². The summed E-state index contributed by atoms with van der Waals surface area (Å²) >= 11 is 0. The minimum Gasteiger partial charge on any atom is -0.496 e. The second kappa shape index (κ2) is 16.1. The highest BCUT2D eigenvalue weighted by molar-refractivity contribution is 5.95. The number of nitrogens with one attached hydrogen (secondary N) is 2. The number of hydrogen-bond acceptors (Lipinski definition) is 9. The van der Waals surface area contributed by atoms with Crippen LogP contribution in [0.5, 0.6) is 5.75 Å². The van der Waals surface area contributed by atoms with Crippen molar-refractivity contribution in [2.45, 2.75) is 65.0 Å². The fraction of sp³-hybridized carbons (Fsp3) is 0.471. The van der Waals surface area contributed by atoms with Gasteiger partial charge < -0.3 is 25.0 Å². The SMILES string of the molecule is COc1ccc(-c2nc(C)no2)cc1CC(=O)N[C@H](C(=O)NC(CC(=O)O)C(=O)CN1CCC(Cc2ccccc2)CC1)C(C)C. The van der Waals surface area contributed by atoms with Crippen LogP contribution in [0.4, 0.5) is 0 Å². The lowest BCUT2D eigenvalue weighted by Crippen LogP contribution is -2.55. The Hall–Kier alpha value is -4.58. The molecule has 12 heteroatoms. The van der Waals surface area contributed by atoms with Crippen molar-refractivity contribution in [1.82, 2.24) is 25.7 Å². The molecule has 1 saturated heterocycles. The average Bonchev–Trinajstić information content (AvgIpc) is 3.46. The molecule has 3 aromatic rings. The lowest BCUT2D eigenvalue weighted by Gasteiger charge is -2.32. The number of piperidine rings is 1. The first-order valence-corrected chi connectivity index (χ1v) is 15.6. The molecule has 4 rings (SSSR count). The van der Waals surface area contributed by atoms with E-state index in [9.17, 15) is 24.3 Å². The number of carboxylic acids is 1. The number of nitrogens with zero attached hydrogens (tertiary/aromatic N) is 3. The highest BCUT2D eigenvalue weighted by Crippen LogP contribution is 2.26. The van der Waals surface area contributed by atoms with Crippen LogP contribution in [-0.4, -0.2) is 82.5 Å². The molecule has 1 unspecified atom stereocenters. The van der Waals surface area contributed by atoms with Gasteiger partial charge in [-0.3, -0.25) is 24.1 Å². The highest BCUT2D eigenvalue weighted by atomic mass is 16.5. The van der Waals surface area contributed by atoms with Gasteiger partial charge in [-0.15, -0.1) is 0 Å². The summed E-state index contributed by atoms with van der Waals surface area (Å²) in [4.78, 5) is 57.8. The zero-order chi connectivity index (χ0) is 33.2. The van der Waals surface area contributed by atoms with Crippen LogP contribution in [0.15, 0.2) is 53.1 Å². The van der Waals surface area contributed by atoms with Crippen molar-refractivity contribution in [1.29, 1.82) is 0 Å². The third-order valence-electron chi connectivity index (χ3n) is 8.21. The summed E-state index contributed by atoms with van der Waals surface area (Å²) in [6.45, 7) is 6.71. The van der Waals surface area contributed by atoms with E-state index in [-0.39, 0.29) is 24.7 Å². The van der Waals surface area contributed by atoms with E-state index in [0.717, 1.165) is 32.4 Å². The van der Waals surface area contributed by atoms with Gasteiger partial charge in [0.25, 0.3) is 5.89 Å². The summed E-state index contributed by atoms with van der Waals surface area (Å²) in [5.41, 5.74) is 2.44. The number of carboxylic acid groups (broad SMARTS) is 1. The maximum Gasteiger partial charge on any atom is 0.305 e. The number of aryl methyl sites for hydroxylation is 1. The number of ether oxygens (including phenoxy) is 1. The summed E-state index contributed by atoms with van der Waals surface area (Å²) in [7, 11) is 1.49. The monoisotopic (exact) mass is 633 g/mol. The molecule has 12 nitrogen and oxygen atoms in total. The van der Waals surface area contributed by atoms with Gasteiger partial charge >= 0.3 is 5.97 Å². The van der Waals surface area contributed by atoms with E-state index in [4.69, 9.17) is 9.26 Å². The Morgan fingerprint density at radius 1 is 1.07 bits per heavy atom. The summed E-state index contributed by atoms with van der Waals surface area (Å²) in [5, 5.41) is 18.7. The minimum absolute atomic E-state index is 0.0463. The van der Waals surface area contributed by atoms with Crippen LogP contribution in [0.1, 0.15) is 50.1 Å². The average molecular weight is 634 g/mol. The summed E-state index contributed by atoms with van der Waals surface area (Å²) in [6, 6.07) is 13.2. The predicted molar refractivity (Wildman–Crippen MR) is 170 cm³/mol. The van der Waals surface area contributed by atoms with Crippen molar-refractivity contribution >= 4 is 23.6 Å². The number of aromatic nitrogens is 2. The summed E-state index contributed by atoms with van der Waals surface area (Å²) < 4.78 is 10.7. The molecule has 0 spiro atoms. The molecular formula is C34H43N5O7. The first kappa shape index (κ1) is 34.3. The van der Waals surface area contributed by atoms with Crippen molar-refractivity contribution in [3.05, 3.63) is 65.5 Å². The van der Waals surface area contributed by atoms with Gasteiger partial charge in [0.15, 0.2) is 11.6 Å². The van der Waals surface area contributed by atoms with Crippen LogP contribution < -0.4 is 15.4 Å². The Kier molecular flexibility index (Phi) is 12.0. The molecule has 1 aromatic heterocycles. The molecule has 1 fully saturated rings. The number of likely N-dealkylation sites (tertiary alicyclic amines) is 1. The molecule has 3 N–H and O–H groups in total. The minimum atomic E-state index is -1.22. The number of carbonyl (C=O) groups excluding carboxylic acids is 3. The molecule has 0 bridgehead atoms. The molecular weight excluding hydrogens is 590 g/mol. The number of Topliss-reactive ketones (excluding diaryl/α,β-unsaturated/α-hetero) is 1. The molecule has 1 aliphatic rings. The molecule has 1 aliphatic heterocycles. The molecule has 246 valence electrons. The Morgan fingerprint density at radius 2 is 1.78 bits per heavy atom. The fourth-order valence-electron chi connectivity index (χ4n) is 5.70. The van der Waals surface area contributed by atoms with Crippen LogP contribution in [0.2, 0.25) is 0 Å². The standard InChI is InChI=1S/C34H43N5O7/c1-21(2)32(37-30(41)18-26-17-25(10-11-29(26)45-4)34-35-22(3)38-46-34)33(44)36-27(19-31(42)43)28(40)20-39-14-12-24(13-15-39)16-23-8-6-5-7-9-23/h5-11,17,21,24,27,32H,12-16,18-20H2,1-4H3,(H,36,44)(H,37,41)(H,42,43)/t27?,32-/m0/s1. The Balaban J connectivity index is 1.36. The van der Waals surface area contributed by atoms with Crippen LogP contribution in [-0.2, 0) is 32.0 Å². The third kappa shape index (κ3) is 9.71. The van der Waals surface area contributed by atoms with E-state index in [0.29, 0.717) is 34.5 Å². The second-order valence-corrected chi connectivity index (χ2v) is 12.2. The maximum atomic E-state index is 13.4. The zero-order valence-corrected chi connectivity index (χ0v) is 26.8. The lowest BCUT2D eigenvalue weighted by atomic mass is 9.90. The van der Waals surface area contributed by atoms with Gasteiger partial charge in [0.2, 0.25) is 11.8 Å². The molecule has 2 heterocycles. The molecule has 46 heavy (non-hydrogen) atoms. The van der Waals surface area contributed by atoms with E-state index in [1.54, 1.807) is 39.0 Å². The van der Waals surface area contributed by atoms with Gasteiger partial charge in [-0.2, -0.15) is 4.98 Å². The molecule has 2 atom stereocenters. The largest absolute Gasteiger partial charge is 0.496 e. The van der Waals surface area contributed by atoms with Gasteiger partial charge in [0.1, 0.15) is 11.8 Å². The Bertz CT molecular complexity index is 1500. The van der Waals surface area contributed by atoms with E-state index >= 15 is 0 Å². The van der Waals surface area contributed by atoms with Crippen molar-refractivity contribution in [3.63, 3.8) is 0 Å². The quantitative estimate of drug-likeness (QED) is 0.226. The number of carbonyl (C=O) groups is 4. The van der Waals surface area contributed by atoms with Crippen LogP contribution in [0, 0.1) is 18.8 Å². The fourth-order valence-corrected chi connectivity index (χ4v) is 5.70. The highest BCUT2D eigenvalue weighted by Gasteiger charge is 2.32. The number of rotatable bonds is 15. The van der Waals surface area contributed by atoms with Gasteiger partial charge in [0.05, 0.1) is 32.5 Å². The Labute approximate surface area is 268 Å². The summed E-state index contributed by atoms with van der Waals surface area (Å²) in [6.07, 6.45) is 2.19. The smallest absolute Gasteiger partial charge is 0.305 e. The van der Waals surface area contributed by atoms with E-state index < -0.39 is 36.3 Å². The number of methoxy groups -OCH3 is 1. The van der Waals surface area contributed by atoms with Crippen molar-refractivity contribution in [2.24, 2.45) is 11.8 Å². The molecule has 0 aliphatic carbocycles. The van der Waals surface area contributed by atoms with Gasteiger partial charge in [-0.1, -0.05) is 49.3 Å². The van der Waals surface area contributed by atoms with E-state index in [1.165, 1.54) is 12.7 Å². The first-order valence-electron chi connectivity index (χ1n) is 15.6. The van der Waals surface area contributed by atoms with Crippen molar-refractivity contribution in [3.8, 4) is 17.2 Å².